The molecule has 0 spiro atoms. The third-order valence-corrected chi connectivity index (χ3v) is 3.82. The molecule has 0 radical (unpaired) electrons. The summed E-state index contributed by atoms with van der Waals surface area (Å²) < 4.78 is 0. The second-order valence-electron chi connectivity index (χ2n) is 4.44. The maximum atomic E-state index is 11.8. The number of carbonyl (C=O) groups excluding carboxylic acids is 1. The van der Waals surface area contributed by atoms with Gasteiger partial charge in [-0.2, -0.15) is 0 Å². The number of benzene rings is 1. The van der Waals surface area contributed by atoms with Crippen LogP contribution in [0.15, 0.2) is 24.4 Å². The zero-order chi connectivity index (χ0) is 15.4. The van der Waals surface area contributed by atoms with E-state index in [1.165, 1.54) is 17.4 Å². The number of thiazole rings is 1. The number of nitrogens with one attached hydrogen (secondary N) is 2. The number of aromatic carboxylic acids is 1. The van der Waals surface area contributed by atoms with Gasteiger partial charge in [0.1, 0.15) is 0 Å². The highest BCUT2D eigenvalue weighted by atomic mass is 32.1. The fourth-order valence-corrected chi connectivity index (χ4v) is 2.56. The minimum atomic E-state index is -1.02. The number of hydrogen-bond donors (Lipinski definition) is 3. The normalized spacial score (nSPS) is 10.2. The standard InChI is InChI=1S/C14H15N3O3S/c1-8-11(13(18)19)4-3-5-12(8)17-14(20)16-7-10-6-15-9(2)21-10/h3-6H,7H2,1-2H3,(H,18,19)(H2,16,17,20). The molecule has 7 heteroatoms. The Morgan fingerprint density at radius 2 is 2.10 bits per heavy atom. The average molecular weight is 305 g/mol. The Balaban J connectivity index is 1.99. The number of anilines is 1. The molecule has 0 saturated carbocycles. The molecule has 0 aliphatic heterocycles. The summed E-state index contributed by atoms with van der Waals surface area (Å²) in [6, 6.07) is 4.38. The van der Waals surface area contributed by atoms with Crippen molar-refractivity contribution in [3.8, 4) is 0 Å². The molecule has 2 rings (SSSR count). The van der Waals surface area contributed by atoms with Gasteiger partial charge in [-0.25, -0.2) is 14.6 Å². The molecule has 2 amide bonds. The summed E-state index contributed by atoms with van der Waals surface area (Å²) in [5.41, 5.74) is 1.17. The van der Waals surface area contributed by atoms with Crippen molar-refractivity contribution >= 4 is 29.0 Å². The number of carboxylic acids is 1. The van der Waals surface area contributed by atoms with Gasteiger partial charge in [0.2, 0.25) is 0 Å². The van der Waals surface area contributed by atoms with Gasteiger partial charge in [-0.3, -0.25) is 0 Å². The van der Waals surface area contributed by atoms with Gasteiger partial charge >= 0.3 is 12.0 Å². The molecule has 2 aromatic rings. The van der Waals surface area contributed by atoms with E-state index in [0.29, 0.717) is 17.8 Å². The van der Waals surface area contributed by atoms with Crippen LogP contribution in [0.1, 0.15) is 25.8 Å². The van der Waals surface area contributed by atoms with Crippen molar-refractivity contribution in [1.29, 1.82) is 0 Å². The van der Waals surface area contributed by atoms with Gasteiger partial charge in [0.05, 0.1) is 17.1 Å². The molecule has 1 aromatic carbocycles. The summed E-state index contributed by atoms with van der Waals surface area (Å²) in [5, 5.41) is 15.3. The minimum Gasteiger partial charge on any atom is -0.478 e. The molecule has 3 N–H and O–H groups in total. The van der Waals surface area contributed by atoms with E-state index >= 15 is 0 Å². The van der Waals surface area contributed by atoms with Gasteiger partial charge in [0, 0.05) is 16.8 Å². The van der Waals surface area contributed by atoms with Crippen molar-refractivity contribution in [2.45, 2.75) is 20.4 Å². The molecule has 0 fully saturated rings. The van der Waals surface area contributed by atoms with Gasteiger partial charge in [-0.05, 0) is 31.5 Å². The third-order valence-electron chi connectivity index (χ3n) is 2.90. The monoisotopic (exact) mass is 305 g/mol. The first-order chi connectivity index (χ1) is 9.97. The van der Waals surface area contributed by atoms with E-state index in [1.807, 2.05) is 6.92 Å². The first-order valence-corrected chi connectivity index (χ1v) is 7.08. The molecule has 21 heavy (non-hydrogen) atoms. The van der Waals surface area contributed by atoms with Crippen LogP contribution in [0, 0.1) is 13.8 Å². The van der Waals surface area contributed by atoms with E-state index in [0.717, 1.165) is 9.88 Å². The number of aromatic nitrogens is 1. The first kappa shape index (κ1) is 15.0. The van der Waals surface area contributed by atoms with Gasteiger partial charge in [0.15, 0.2) is 0 Å². The molecule has 1 heterocycles. The lowest BCUT2D eigenvalue weighted by atomic mass is 10.1. The van der Waals surface area contributed by atoms with Gasteiger partial charge in [-0.15, -0.1) is 11.3 Å². The van der Waals surface area contributed by atoms with E-state index in [9.17, 15) is 9.59 Å². The van der Waals surface area contributed by atoms with Crippen LogP contribution in [-0.4, -0.2) is 22.1 Å². The Labute approximate surface area is 125 Å². The minimum absolute atomic E-state index is 0.172. The lowest BCUT2D eigenvalue weighted by Crippen LogP contribution is -2.28. The lowest BCUT2D eigenvalue weighted by Gasteiger charge is -2.11. The fraction of sp³-hybridized carbons (Fsp3) is 0.214. The second-order valence-corrected chi connectivity index (χ2v) is 5.76. The topological polar surface area (TPSA) is 91.3 Å². The zero-order valence-electron chi connectivity index (χ0n) is 11.6. The number of hydrogen-bond acceptors (Lipinski definition) is 4. The molecule has 0 aliphatic carbocycles. The Bertz CT molecular complexity index is 682. The van der Waals surface area contributed by atoms with Crippen LogP contribution in [0.25, 0.3) is 0 Å². The van der Waals surface area contributed by atoms with Gasteiger partial charge in [-0.1, -0.05) is 6.07 Å². The zero-order valence-corrected chi connectivity index (χ0v) is 12.5. The number of amides is 2. The quantitative estimate of drug-likeness (QED) is 0.810. The molecule has 0 atom stereocenters. The van der Waals surface area contributed by atoms with Crippen LogP contribution in [-0.2, 0) is 6.54 Å². The van der Waals surface area contributed by atoms with Crippen molar-refractivity contribution < 1.29 is 14.7 Å². The first-order valence-electron chi connectivity index (χ1n) is 6.26. The maximum Gasteiger partial charge on any atom is 0.336 e. The van der Waals surface area contributed by atoms with E-state index in [1.54, 1.807) is 25.3 Å². The van der Waals surface area contributed by atoms with Crippen molar-refractivity contribution in [3.05, 3.63) is 45.4 Å². The predicted octanol–water partition coefficient (Wildman–Crippen LogP) is 2.78. The number of carboxylic acid groups (broad SMARTS) is 1. The largest absolute Gasteiger partial charge is 0.478 e. The van der Waals surface area contributed by atoms with Crippen LogP contribution in [0.3, 0.4) is 0 Å². The fourth-order valence-electron chi connectivity index (χ4n) is 1.82. The third kappa shape index (κ3) is 3.79. The molecule has 0 unspecified atom stereocenters. The van der Waals surface area contributed by atoms with E-state index in [2.05, 4.69) is 15.6 Å². The van der Waals surface area contributed by atoms with Gasteiger partial charge < -0.3 is 15.7 Å². The lowest BCUT2D eigenvalue weighted by molar-refractivity contribution is 0.0696. The number of carbonyl (C=O) groups is 2. The number of rotatable bonds is 4. The van der Waals surface area contributed by atoms with E-state index in [-0.39, 0.29) is 11.6 Å². The summed E-state index contributed by atoms with van der Waals surface area (Å²) >= 11 is 1.51. The number of nitrogens with zero attached hydrogens (tertiary/aromatic N) is 1. The Morgan fingerprint density at radius 1 is 1.33 bits per heavy atom. The van der Waals surface area contributed by atoms with Crippen LogP contribution in [0.2, 0.25) is 0 Å². The number of urea groups is 1. The number of aryl methyl sites for hydroxylation is 1. The van der Waals surface area contributed by atoms with Gasteiger partial charge in [0.25, 0.3) is 0 Å². The Kier molecular flexibility index (Phi) is 4.54. The molecule has 1 aromatic heterocycles. The van der Waals surface area contributed by atoms with E-state index in [4.69, 9.17) is 5.11 Å². The molecule has 0 bridgehead atoms. The van der Waals surface area contributed by atoms with Crippen molar-refractivity contribution in [3.63, 3.8) is 0 Å². The molecule has 6 nitrogen and oxygen atoms in total. The van der Waals surface area contributed by atoms with Crippen molar-refractivity contribution in [2.75, 3.05) is 5.32 Å². The van der Waals surface area contributed by atoms with Crippen molar-refractivity contribution in [1.82, 2.24) is 10.3 Å². The highest BCUT2D eigenvalue weighted by Gasteiger charge is 2.11. The predicted molar refractivity (Wildman–Crippen MR) is 80.8 cm³/mol. The summed E-state index contributed by atoms with van der Waals surface area (Å²) in [6.45, 7) is 3.94. The van der Waals surface area contributed by atoms with Crippen molar-refractivity contribution in [2.24, 2.45) is 0 Å². The molecular weight excluding hydrogens is 290 g/mol. The van der Waals surface area contributed by atoms with E-state index < -0.39 is 5.97 Å². The second kappa shape index (κ2) is 6.36. The molecule has 110 valence electrons. The summed E-state index contributed by atoms with van der Waals surface area (Å²) in [7, 11) is 0. The SMILES string of the molecule is Cc1ncc(CNC(=O)Nc2cccc(C(=O)O)c2C)s1. The summed E-state index contributed by atoms with van der Waals surface area (Å²) in [6.07, 6.45) is 1.72. The van der Waals surface area contributed by atoms with Crippen LogP contribution in [0.5, 0.6) is 0 Å². The Morgan fingerprint density at radius 3 is 2.71 bits per heavy atom. The molecular formula is C14H15N3O3S. The highest BCUT2D eigenvalue weighted by Crippen LogP contribution is 2.19. The average Bonchev–Trinajstić information content (AvgIpc) is 2.84. The van der Waals surface area contributed by atoms with Crippen LogP contribution in [0.4, 0.5) is 10.5 Å². The highest BCUT2D eigenvalue weighted by molar-refractivity contribution is 7.11. The van der Waals surface area contributed by atoms with Crippen LogP contribution < -0.4 is 10.6 Å². The van der Waals surface area contributed by atoms with Crippen LogP contribution >= 0.6 is 11.3 Å². The molecule has 0 saturated heterocycles. The summed E-state index contributed by atoms with van der Waals surface area (Å²) in [4.78, 5) is 27.9. The summed E-state index contributed by atoms with van der Waals surface area (Å²) in [5.74, 6) is -1.02. The smallest absolute Gasteiger partial charge is 0.336 e. The molecule has 0 aliphatic rings. The Hall–Kier alpha value is -2.41. The maximum absolute atomic E-state index is 11.8.